The van der Waals surface area contributed by atoms with Crippen molar-refractivity contribution in [1.29, 1.82) is 0 Å². The molecule has 0 radical (unpaired) electrons. The summed E-state index contributed by atoms with van der Waals surface area (Å²) in [5.74, 6) is -5.96. The summed E-state index contributed by atoms with van der Waals surface area (Å²) in [4.78, 5) is 12.5. The first-order valence-electron chi connectivity index (χ1n) is 12.8. The van der Waals surface area contributed by atoms with Crippen molar-refractivity contribution in [1.82, 2.24) is 0 Å². The van der Waals surface area contributed by atoms with E-state index in [1.165, 1.54) is 12.1 Å². The van der Waals surface area contributed by atoms with E-state index in [1.807, 2.05) is 0 Å². The molecule has 3 saturated carbocycles. The van der Waals surface area contributed by atoms with Crippen molar-refractivity contribution < 1.29 is 45.7 Å². The van der Waals surface area contributed by atoms with Crippen LogP contribution in [0.2, 0.25) is 5.02 Å². The Hall–Kier alpha value is -2.22. The summed E-state index contributed by atoms with van der Waals surface area (Å²) in [6.45, 7) is 1.64. The van der Waals surface area contributed by atoms with Gasteiger partial charge in [0.25, 0.3) is 5.91 Å². The van der Waals surface area contributed by atoms with Crippen LogP contribution in [0.25, 0.3) is 0 Å². The molecule has 1 amide bonds. The minimum Gasteiger partial charge on any atom is -0.387 e. The lowest BCUT2D eigenvalue weighted by Gasteiger charge is -2.81. The first kappa shape index (κ1) is 29.3. The second-order valence-corrected chi connectivity index (χ2v) is 13.0. The van der Waals surface area contributed by atoms with Gasteiger partial charge in [-0.1, -0.05) is 11.6 Å². The molecule has 3 fully saturated rings. The maximum absolute atomic E-state index is 13.8. The van der Waals surface area contributed by atoms with Crippen LogP contribution in [0.4, 0.5) is 18.9 Å². The van der Waals surface area contributed by atoms with E-state index in [4.69, 9.17) is 25.8 Å². The van der Waals surface area contributed by atoms with Crippen LogP contribution < -0.4 is 5.32 Å². The van der Waals surface area contributed by atoms with Crippen LogP contribution >= 0.6 is 11.6 Å². The first-order valence-corrected chi connectivity index (χ1v) is 14.8. The van der Waals surface area contributed by atoms with Gasteiger partial charge in [-0.3, -0.25) is 4.79 Å². The molecule has 5 atom stereocenters. The van der Waals surface area contributed by atoms with Gasteiger partial charge in [-0.05, 0) is 54.7 Å². The van der Waals surface area contributed by atoms with Gasteiger partial charge in [-0.25, -0.2) is 21.6 Å². The molecule has 5 rings (SSSR count). The summed E-state index contributed by atoms with van der Waals surface area (Å²) in [6, 6.07) is 4.90. The number of carbonyl (C=O) groups excluding carboxylic acids is 1. The molecule has 2 aromatic carbocycles. The third kappa shape index (κ3) is 4.62. The molecule has 0 heterocycles. The van der Waals surface area contributed by atoms with Gasteiger partial charge in [0.2, 0.25) is 0 Å². The van der Waals surface area contributed by atoms with Gasteiger partial charge in [0, 0.05) is 30.5 Å². The number of hydrogen-bond acceptors (Lipinski definition) is 7. The van der Waals surface area contributed by atoms with E-state index in [0.717, 1.165) is 6.07 Å². The summed E-state index contributed by atoms with van der Waals surface area (Å²) in [6.07, 6.45) is 1.55. The normalized spacial score (nSPS) is 28.5. The van der Waals surface area contributed by atoms with Gasteiger partial charge in [0.1, 0.15) is 0 Å². The molecule has 0 aliphatic heterocycles. The molecule has 2 aromatic rings. The van der Waals surface area contributed by atoms with Crippen molar-refractivity contribution >= 4 is 33.0 Å². The molecular weight excluding hydrogens is 575 g/mol. The van der Waals surface area contributed by atoms with Crippen LogP contribution in [-0.4, -0.2) is 70.4 Å². The number of aliphatic hydroxyl groups is 1. The zero-order valence-electron chi connectivity index (χ0n) is 21.6. The number of nitrogens with one attached hydrogen (secondary N) is 1. The van der Waals surface area contributed by atoms with E-state index in [2.05, 4.69) is 5.32 Å². The Morgan fingerprint density at radius 3 is 2.38 bits per heavy atom. The molecule has 3 aliphatic carbocycles. The van der Waals surface area contributed by atoms with Gasteiger partial charge >= 0.3 is 0 Å². The third-order valence-electron chi connectivity index (χ3n) is 8.67. The standard InChI is InChI=1S/C27H29ClF3NO7S/c1-37-6-7-38-8-9-39-14-27(34)21-4-5-26(21)22(27)13-23(26)40(35,36)20-10-15(2-3-17(20)28)25(33)32-16-11-18(29)24(31)19(30)12-16/h2-3,10-12,21-23,34H,4-9,13-14H2,1H3,(H,32,33)/t21?,22?,23?,26?,27-/m0/s1. The van der Waals surface area contributed by atoms with E-state index < -0.39 is 49.5 Å². The SMILES string of the molecule is COCCOCCOC[C@]1(O)C2CCC23C1CC3S(=O)(=O)c1cc(C(=O)Nc2cc(F)c(F)c(F)c2)ccc1Cl. The molecule has 2 N–H and O–H groups in total. The Labute approximate surface area is 234 Å². The lowest BCUT2D eigenvalue weighted by Crippen LogP contribution is -2.86. The fourth-order valence-electron chi connectivity index (χ4n) is 6.73. The predicted octanol–water partition coefficient (Wildman–Crippen LogP) is 3.99. The number of methoxy groups -OCH3 is 1. The quantitative estimate of drug-likeness (QED) is 0.279. The molecule has 13 heteroatoms. The second kappa shape index (κ2) is 10.9. The molecule has 40 heavy (non-hydrogen) atoms. The number of carbonyl (C=O) groups is 1. The summed E-state index contributed by atoms with van der Waals surface area (Å²) in [5.41, 5.74) is -2.13. The maximum Gasteiger partial charge on any atom is 0.255 e. The van der Waals surface area contributed by atoms with Crippen molar-refractivity contribution in [2.75, 3.05) is 45.5 Å². The number of hydrogen-bond donors (Lipinski definition) is 2. The smallest absolute Gasteiger partial charge is 0.255 e. The van der Waals surface area contributed by atoms with Crippen LogP contribution in [0.1, 0.15) is 29.6 Å². The van der Waals surface area contributed by atoms with Gasteiger partial charge in [0.05, 0.1) is 53.8 Å². The highest BCUT2D eigenvalue weighted by molar-refractivity contribution is 7.92. The molecule has 1 spiro atoms. The highest BCUT2D eigenvalue weighted by Crippen LogP contribution is 2.80. The van der Waals surface area contributed by atoms with E-state index in [9.17, 15) is 31.5 Å². The fraction of sp³-hybridized carbons (Fsp3) is 0.519. The number of amides is 1. The van der Waals surface area contributed by atoms with Crippen molar-refractivity contribution in [2.45, 2.75) is 35.0 Å². The largest absolute Gasteiger partial charge is 0.387 e. The average Bonchev–Trinajstić information content (AvgIpc) is 2.85. The molecule has 218 valence electrons. The summed E-state index contributed by atoms with van der Waals surface area (Å²) < 4.78 is 83.8. The lowest BCUT2D eigenvalue weighted by atomic mass is 9.27. The second-order valence-electron chi connectivity index (χ2n) is 10.5. The Morgan fingerprint density at radius 1 is 1.07 bits per heavy atom. The molecule has 3 aliphatic rings. The Balaban J connectivity index is 1.27. The number of anilines is 1. The number of halogens is 4. The third-order valence-corrected chi connectivity index (χ3v) is 11.4. The maximum atomic E-state index is 13.8. The van der Waals surface area contributed by atoms with Gasteiger partial charge in [-0.15, -0.1) is 0 Å². The topological polar surface area (TPSA) is 111 Å². The van der Waals surface area contributed by atoms with Crippen LogP contribution in [0.15, 0.2) is 35.2 Å². The highest BCUT2D eigenvalue weighted by Gasteiger charge is 2.84. The van der Waals surface area contributed by atoms with Crippen LogP contribution in [-0.2, 0) is 24.0 Å². The van der Waals surface area contributed by atoms with Crippen molar-refractivity contribution in [3.8, 4) is 0 Å². The number of benzene rings is 2. The predicted molar refractivity (Wildman–Crippen MR) is 138 cm³/mol. The highest BCUT2D eigenvalue weighted by atomic mass is 35.5. The minimum absolute atomic E-state index is 0.0717. The fourth-order valence-corrected chi connectivity index (χ4v) is 9.58. The monoisotopic (exact) mass is 603 g/mol. The number of sulfone groups is 1. The van der Waals surface area contributed by atoms with Crippen LogP contribution in [0, 0.1) is 34.7 Å². The molecule has 8 nitrogen and oxygen atoms in total. The van der Waals surface area contributed by atoms with Gasteiger partial charge < -0.3 is 24.6 Å². The minimum atomic E-state index is -4.01. The lowest BCUT2D eigenvalue weighted by molar-refractivity contribution is -0.361. The van der Waals surface area contributed by atoms with E-state index in [1.54, 1.807) is 7.11 Å². The average molecular weight is 604 g/mol. The van der Waals surface area contributed by atoms with Gasteiger partial charge in [0.15, 0.2) is 27.3 Å². The molecule has 0 bridgehead atoms. The first-order chi connectivity index (χ1) is 19.0. The van der Waals surface area contributed by atoms with Crippen LogP contribution in [0.3, 0.4) is 0 Å². The number of ether oxygens (including phenoxy) is 3. The molecular formula is C27H29ClF3NO7S. The zero-order chi connectivity index (χ0) is 28.9. The van der Waals surface area contributed by atoms with Crippen molar-refractivity contribution in [3.05, 3.63) is 58.4 Å². The summed E-state index contributed by atoms with van der Waals surface area (Å²) in [5, 5.41) is 12.7. The summed E-state index contributed by atoms with van der Waals surface area (Å²) in [7, 11) is -2.43. The summed E-state index contributed by atoms with van der Waals surface area (Å²) >= 11 is 6.28. The Bertz CT molecular complexity index is 1390. The van der Waals surface area contributed by atoms with Crippen LogP contribution in [0.5, 0.6) is 0 Å². The van der Waals surface area contributed by atoms with Crippen molar-refractivity contribution in [2.24, 2.45) is 17.3 Å². The molecule has 0 saturated heterocycles. The van der Waals surface area contributed by atoms with E-state index >= 15 is 0 Å². The number of rotatable bonds is 12. The van der Waals surface area contributed by atoms with Crippen molar-refractivity contribution in [3.63, 3.8) is 0 Å². The molecule has 4 unspecified atom stereocenters. The molecule has 0 aromatic heterocycles. The van der Waals surface area contributed by atoms with E-state index in [0.29, 0.717) is 51.4 Å². The van der Waals surface area contributed by atoms with Gasteiger partial charge in [-0.2, -0.15) is 0 Å². The van der Waals surface area contributed by atoms with E-state index in [-0.39, 0.29) is 46.0 Å². The Kier molecular flexibility index (Phi) is 7.97. The Morgan fingerprint density at radius 2 is 1.75 bits per heavy atom. The zero-order valence-corrected chi connectivity index (χ0v) is 23.2.